The second-order valence-corrected chi connectivity index (χ2v) is 8.16. The molecule has 0 bridgehead atoms. The Morgan fingerprint density at radius 1 is 1.20 bits per heavy atom. The van der Waals surface area contributed by atoms with Crippen molar-refractivity contribution < 1.29 is 27.3 Å². The first kappa shape index (κ1) is 19.6. The van der Waals surface area contributed by atoms with Crippen LogP contribution in [-0.4, -0.2) is 48.3 Å². The van der Waals surface area contributed by atoms with E-state index in [1.54, 1.807) is 37.4 Å². The minimum absolute atomic E-state index is 0.0464. The van der Waals surface area contributed by atoms with Crippen LogP contribution in [0.3, 0.4) is 0 Å². The van der Waals surface area contributed by atoms with E-state index in [1.165, 1.54) is 18.2 Å². The molecule has 2 aromatic carbocycles. The van der Waals surface area contributed by atoms with Crippen molar-refractivity contribution in [1.29, 1.82) is 0 Å². The molecule has 2 amide bonds. The van der Waals surface area contributed by atoms with E-state index in [0.29, 0.717) is 21.4 Å². The predicted octanol–water partition coefficient (Wildman–Crippen LogP) is 1.21. The zero-order valence-electron chi connectivity index (χ0n) is 15.7. The number of carbonyl (C=O) groups excluding carboxylic acids is 2. The number of sulfonamides is 1. The van der Waals surface area contributed by atoms with Gasteiger partial charge in [-0.3, -0.25) is 9.59 Å². The van der Waals surface area contributed by atoms with Gasteiger partial charge in [-0.05, 0) is 24.3 Å². The largest absolute Gasteiger partial charge is 0.497 e. The highest BCUT2D eigenvalue weighted by Gasteiger charge is 2.41. The topological polar surface area (TPSA) is 132 Å². The second-order valence-electron chi connectivity index (χ2n) is 6.33. The highest BCUT2D eigenvalue weighted by Crippen LogP contribution is 2.29. The summed E-state index contributed by atoms with van der Waals surface area (Å²) in [5.41, 5.74) is 0.715. The molecule has 0 atom stereocenters. The highest BCUT2D eigenvalue weighted by molar-refractivity contribution is 7.90. The van der Waals surface area contributed by atoms with Gasteiger partial charge in [0.1, 0.15) is 17.2 Å². The van der Waals surface area contributed by atoms with Gasteiger partial charge < -0.3 is 14.6 Å². The Labute approximate surface area is 171 Å². The van der Waals surface area contributed by atoms with Gasteiger partial charge >= 0.3 is 0 Å². The van der Waals surface area contributed by atoms with E-state index in [4.69, 9.17) is 9.26 Å². The molecular weight excluding hydrogens is 412 g/mol. The normalized spacial score (nSPS) is 14.4. The number of nitrogens with zero attached hydrogens (tertiary/aromatic N) is 3. The number of ether oxygens (including phenoxy) is 1. The third-order valence-corrected chi connectivity index (χ3v) is 6.22. The summed E-state index contributed by atoms with van der Waals surface area (Å²) in [7, 11) is -2.51. The van der Waals surface area contributed by atoms with Crippen molar-refractivity contribution in [2.24, 2.45) is 0 Å². The number of benzene rings is 2. The van der Waals surface area contributed by atoms with Gasteiger partial charge in [0.25, 0.3) is 15.9 Å². The molecule has 0 unspecified atom stereocenters. The summed E-state index contributed by atoms with van der Waals surface area (Å²) in [5.74, 6) is -0.352. The minimum atomic E-state index is -4.05. The van der Waals surface area contributed by atoms with Gasteiger partial charge in [0, 0.05) is 5.56 Å². The molecule has 0 spiro atoms. The SMILES string of the molecule is COc1cccc(-c2noc(CNC(=O)CN3C(=O)c4ccccc4S3(=O)=O)n2)c1. The number of hydrogen-bond acceptors (Lipinski definition) is 8. The van der Waals surface area contributed by atoms with Crippen LogP contribution in [0.1, 0.15) is 16.2 Å². The molecule has 2 heterocycles. The van der Waals surface area contributed by atoms with Gasteiger partial charge in [-0.15, -0.1) is 0 Å². The number of methoxy groups -OCH3 is 1. The van der Waals surface area contributed by atoms with Gasteiger partial charge in [0.05, 0.1) is 19.2 Å². The molecule has 4 rings (SSSR count). The van der Waals surface area contributed by atoms with Crippen LogP contribution in [0.2, 0.25) is 0 Å². The van der Waals surface area contributed by atoms with E-state index in [0.717, 1.165) is 0 Å². The number of carbonyl (C=O) groups is 2. The summed E-state index contributed by atoms with van der Waals surface area (Å²) in [6.45, 7) is -0.766. The molecule has 1 aliphatic heterocycles. The first-order valence-electron chi connectivity index (χ1n) is 8.80. The fourth-order valence-corrected chi connectivity index (χ4v) is 4.48. The van der Waals surface area contributed by atoms with Crippen molar-refractivity contribution in [1.82, 2.24) is 19.8 Å². The summed E-state index contributed by atoms with van der Waals surface area (Å²) in [4.78, 5) is 28.7. The highest BCUT2D eigenvalue weighted by atomic mass is 32.2. The van der Waals surface area contributed by atoms with E-state index < -0.39 is 28.4 Å². The van der Waals surface area contributed by atoms with Crippen LogP contribution < -0.4 is 10.1 Å². The molecule has 1 aliphatic rings. The van der Waals surface area contributed by atoms with Crippen LogP contribution in [0.5, 0.6) is 5.75 Å². The Morgan fingerprint density at radius 3 is 2.77 bits per heavy atom. The molecule has 154 valence electrons. The van der Waals surface area contributed by atoms with Gasteiger partial charge in [-0.2, -0.15) is 4.98 Å². The van der Waals surface area contributed by atoms with Gasteiger partial charge in [-0.25, -0.2) is 12.7 Å². The van der Waals surface area contributed by atoms with Crippen molar-refractivity contribution >= 4 is 21.8 Å². The first-order valence-corrected chi connectivity index (χ1v) is 10.2. The lowest BCUT2D eigenvalue weighted by molar-refractivity contribution is -0.121. The molecule has 1 N–H and O–H groups in total. The van der Waals surface area contributed by atoms with Crippen LogP contribution in [-0.2, 0) is 21.4 Å². The third-order valence-electron chi connectivity index (χ3n) is 4.43. The van der Waals surface area contributed by atoms with Crippen LogP contribution in [0.4, 0.5) is 0 Å². The molecular formula is C19H16N4O6S. The molecule has 30 heavy (non-hydrogen) atoms. The molecule has 0 radical (unpaired) electrons. The maximum absolute atomic E-state index is 12.5. The average Bonchev–Trinajstić information content (AvgIpc) is 3.30. The Hall–Kier alpha value is -3.73. The van der Waals surface area contributed by atoms with E-state index in [2.05, 4.69) is 15.5 Å². The van der Waals surface area contributed by atoms with E-state index in [1.807, 2.05) is 0 Å². The second kappa shape index (κ2) is 7.59. The van der Waals surface area contributed by atoms with Crippen LogP contribution in [0, 0.1) is 0 Å². The first-order chi connectivity index (χ1) is 14.4. The van der Waals surface area contributed by atoms with E-state index in [-0.39, 0.29) is 22.9 Å². The molecule has 0 aliphatic carbocycles. The molecule has 11 heteroatoms. The zero-order chi connectivity index (χ0) is 21.3. The summed E-state index contributed by atoms with van der Waals surface area (Å²) in [5, 5.41) is 6.33. The van der Waals surface area contributed by atoms with Gasteiger partial charge in [0.2, 0.25) is 17.6 Å². The molecule has 1 aromatic heterocycles. The minimum Gasteiger partial charge on any atom is -0.497 e. The van der Waals surface area contributed by atoms with Crippen molar-refractivity contribution in [2.75, 3.05) is 13.7 Å². The van der Waals surface area contributed by atoms with Gasteiger partial charge in [-0.1, -0.05) is 29.4 Å². The van der Waals surface area contributed by atoms with Crippen LogP contribution in [0.15, 0.2) is 57.9 Å². The number of fused-ring (bicyclic) bond motifs is 1. The third kappa shape index (κ3) is 3.50. The molecule has 0 saturated heterocycles. The fraction of sp³-hybridized carbons (Fsp3) is 0.158. The smallest absolute Gasteiger partial charge is 0.269 e. The number of amides is 2. The van der Waals surface area contributed by atoms with Crippen molar-refractivity contribution in [3.63, 3.8) is 0 Å². The number of hydrogen-bond donors (Lipinski definition) is 1. The maximum atomic E-state index is 12.5. The van der Waals surface area contributed by atoms with E-state index in [9.17, 15) is 18.0 Å². The lowest BCUT2D eigenvalue weighted by Gasteiger charge is -2.14. The van der Waals surface area contributed by atoms with Gasteiger partial charge in [0.15, 0.2) is 0 Å². The molecule has 0 saturated carbocycles. The summed E-state index contributed by atoms with van der Waals surface area (Å²) >= 11 is 0. The standard InChI is InChI=1S/C19H16N4O6S/c1-28-13-6-4-5-12(9-13)18-21-17(29-22-18)10-20-16(24)11-23-19(25)14-7-2-3-8-15(14)30(23,26)27/h2-9H,10-11H2,1H3,(H,20,24). The van der Waals surface area contributed by atoms with Crippen LogP contribution >= 0.6 is 0 Å². The Balaban J connectivity index is 1.40. The Morgan fingerprint density at radius 2 is 2.00 bits per heavy atom. The number of nitrogens with one attached hydrogen (secondary N) is 1. The molecule has 3 aromatic rings. The number of aromatic nitrogens is 2. The zero-order valence-corrected chi connectivity index (χ0v) is 16.5. The Bertz CT molecular complexity index is 1240. The number of rotatable bonds is 6. The average molecular weight is 428 g/mol. The van der Waals surface area contributed by atoms with Crippen molar-refractivity contribution in [2.45, 2.75) is 11.4 Å². The monoisotopic (exact) mass is 428 g/mol. The lowest BCUT2D eigenvalue weighted by Crippen LogP contribution is -2.40. The Kier molecular flexibility index (Phi) is 4.96. The van der Waals surface area contributed by atoms with Crippen LogP contribution in [0.25, 0.3) is 11.4 Å². The van der Waals surface area contributed by atoms with Crippen molar-refractivity contribution in [3.05, 3.63) is 60.0 Å². The lowest BCUT2D eigenvalue weighted by atomic mass is 10.2. The van der Waals surface area contributed by atoms with E-state index >= 15 is 0 Å². The summed E-state index contributed by atoms with van der Waals surface area (Å²) < 4.78 is 35.8. The molecule has 0 fully saturated rings. The summed E-state index contributed by atoms with van der Waals surface area (Å²) in [6.07, 6.45) is 0. The maximum Gasteiger partial charge on any atom is 0.269 e. The fourth-order valence-electron chi connectivity index (χ4n) is 2.95. The predicted molar refractivity (Wildman–Crippen MR) is 103 cm³/mol. The summed E-state index contributed by atoms with van der Waals surface area (Å²) in [6, 6.07) is 12.9. The van der Waals surface area contributed by atoms with Crippen molar-refractivity contribution in [3.8, 4) is 17.1 Å². The molecule has 10 nitrogen and oxygen atoms in total. The quantitative estimate of drug-likeness (QED) is 0.620.